The Morgan fingerprint density at radius 3 is 2.46 bits per heavy atom. The van der Waals surface area contributed by atoms with Crippen molar-refractivity contribution < 1.29 is 18.3 Å². The average Bonchev–Trinajstić information content (AvgIpc) is 3.06. The molecule has 6 nitrogen and oxygen atoms in total. The van der Waals surface area contributed by atoms with Gasteiger partial charge in [-0.25, -0.2) is 4.68 Å². The predicted molar refractivity (Wildman–Crippen MR) is 82.4 cm³/mol. The number of carbonyl (C=O) groups is 1. The van der Waals surface area contributed by atoms with Crippen molar-refractivity contribution in [3.8, 4) is 11.4 Å². The van der Waals surface area contributed by atoms with Gasteiger partial charge in [0.05, 0.1) is 11.9 Å². The van der Waals surface area contributed by atoms with E-state index >= 15 is 0 Å². The van der Waals surface area contributed by atoms with Gasteiger partial charge in [0.15, 0.2) is 5.69 Å². The number of halogens is 2. The first-order chi connectivity index (χ1) is 11.6. The van der Waals surface area contributed by atoms with Gasteiger partial charge in [0, 0.05) is 5.69 Å². The SMILES string of the molecule is O=C(Nc1ccccc1)c1cn(-c2ccc(OC(F)F)cc2)nn1. The van der Waals surface area contributed by atoms with E-state index in [1.165, 1.54) is 35.1 Å². The van der Waals surface area contributed by atoms with Gasteiger partial charge in [-0.3, -0.25) is 4.79 Å². The van der Waals surface area contributed by atoms with Gasteiger partial charge in [0.1, 0.15) is 5.75 Å². The quantitative estimate of drug-likeness (QED) is 0.780. The number of alkyl halides is 2. The van der Waals surface area contributed by atoms with Crippen LogP contribution >= 0.6 is 0 Å². The van der Waals surface area contributed by atoms with E-state index in [4.69, 9.17) is 0 Å². The monoisotopic (exact) mass is 330 g/mol. The molecule has 0 radical (unpaired) electrons. The standard InChI is InChI=1S/C16H12F2N4O2/c17-16(18)24-13-8-6-12(7-9-13)22-10-14(20-21-22)15(23)19-11-4-2-1-3-5-11/h1-10,16H,(H,19,23). The summed E-state index contributed by atoms with van der Waals surface area (Å²) in [5.74, 6) is -0.360. The second-order valence-corrected chi connectivity index (χ2v) is 4.74. The summed E-state index contributed by atoms with van der Waals surface area (Å²) in [4.78, 5) is 12.1. The van der Waals surface area contributed by atoms with Crippen molar-refractivity contribution in [2.24, 2.45) is 0 Å². The fourth-order valence-corrected chi connectivity index (χ4v) is 1.99. The molecule has 1 heterocycles. The highest BCUT2D eigenvalue weighted by molar-refractivity contribution is 6.02. The van der Waals surface area contributed by atoms with Crippen molar-refractivity contribution in [2.75, 3.05) is 5.32 Å². The Balaban J connectivity index is 1.72. The Morgan fingerprint density at radius 1 is 1.08 bits per heavy atom. The minimum absolute atomic E-state index is 0.0379. The normalized spacial score (nSPS) is 10.6. The summed E-state index contributed by atoms with van der Waals surface area (Å²) in [7, 11) is 0. The minimum atomic E-state index is -2.88. The lowest BCUT2D eigenvalue weighted by atomic mass is 10.3. The Hall–Kier alpha value is -3.29. The molecular weight excluding hydrogens is 318 g/mol. The Morgan fingerprint density at radius 2 is 1.79 bits per heavy atom. The fourth-order valence-electron chi connectivity index (χ4n) is 1.99. The number of benzene rings is 2. The maximum Gasteiger partial charge on any atom is 0.387 e. The van der Waals surface area contributed by atoms with E-state index in [-0.39, 0.29) is 11.4 Å². The average molecular weight is 330 g/mol. The van der Waals surface area contributed by atoms with E-state index in [9.17, 15) is 13.6 Å². The number of ether oxygens (including phenoxy) is 1. The van der Waals surface area contributed by atoms with Gasteiger partial charge in [-0.05, 0) is 36.4 Å². The summed E-state index contributed by atoms with van der Waals surface area (Å²) in [6.07, 6.45) is 1.45. The van der Waals surface area contributed by atoms with Crippen LogP contribution in [0.3, 0.4) is 0 Å². The van der Waals surface area contributed by atoms with Crippen LogP contribution in [0.2, 0.25) is 0 Å². The lowest BCUT2D eigenvalue weighted by Crippen LogP contribution is -2.12. The molecule has 0 unspecified atom stereocenters. The van der Waals surface area contributed by atoms with E-state index in [0.29, 0.717) is 11.4 Å². The van der Waals surface area contributed by atoms with Gasteiger partial charge in [0.2, 0.25) is 0 Å². The first kappa shape index (κ1) is 15.6. The second-order valence-electron chi connectivity index (χ2n) is 4.74. The third kappa shape index (κ3) is 3.72. The van der Waals surface area contributed by atoms with Crippen LogP contribution in [-0.4, -0.2) is 27.5 Å². The molecule has 0 aliphatic rings. The maximum atomic E-state index is 12.1. The van der Waals surface area contributed by atoms with Gasteiger partial charge in [-0.2, -0.15) is 8.78 Å². The van der Waals surface area contributed by atoms with Crippen LogP contribution in [0.1, 0.15) is 10.5 Å². The number of anilines is 1. The Labute approximate surface area is 135 Å². The summed E-state index contributed by atoms with van der Waals surface area (Å²) in [6, 6.07) is 14.8. The van der Waals surface area contributed by atoms with Gasteiger partial charge < -0.3 is 10.1 Å². The lowest BCUT2D eigenvalue weighted by molar-refractivity contribution is -0.0498. The summed E-state index contributed by atoms with van der Waals surface area (Å²) in [5, 5.41) is 10.4. The molecule has 3 rings (SSSR count). The molecule has 0 saturated carbocycles. The predicted octanol–water partition coefficient (Wildman–Crippen LogP) is 3.12. The molecule has 0 saturated heterocycles. The van der Waals surface area contributed by atoms with Crippen LogP contribution in [0.5, 0.6) is 5.75 Å². The highest BCUT2D eigenvalue weighted by Crippen LogP contribution is 2.17. The summed E-state index contributed by atoms with van der Waals surface area (Å²) < 4.78 is 29.9. The van der Waals surface area contributed by atoms with E-state index in [1.807, 2.05) is 6.07 Å². The third-order valence-electron chi connectivity index (χ3n) is 3.08. The van der Waals surface area contributed by atoms with Crippen molar-refractivity contribution in [1.82, 2.24) is 15.0 Å². The molecule has 3 aromatic rings. The zero-order valence-electron chi connectivity index (χ0n) is 12.3. The van der Waals surface area contributed by atoms with Crippen LogP contribution in [0.4, 0.5) is 14.5 Å². The number of hydrogen-bond donors (Lipinski definition) is 1. The summed E-state index contributed by atoms with van der Waals surface area (Å²) in [5.41, 5.74) is 1.33. The number of rotatable bonds is 5. The van der Waals surface area contributed by atoms with Gasteiger partial charge >= 0.3 is 6.61 Å². The van der Waals surface area contributed by atoms with E-state index in [0.717, 1.165) is 0 Å². The summed E-state index contributed by atoms with van der Waals surface area (Å²) in [6.45, 7) is -2.88. The van der Waals surface area contributed by atoms with E-state index in [1.54, 1.807) is 24.3 Å². The van der Waals surface area contributed by atoms with Gasteiger partial charge in [-0.1, -0.05) is 23.4 Å². The molecule has 1 N–H and O–H groups in total. The number of amides is 1. The molecule has 1 amide bonds. The lowest BCUT2D eigenvalue weighted by Gasteiger charge is -2.05. The highest BCUT2D eigenvalue weighted by atomic mass is 19.3. The molecule has 1 aromatic heterocycles. The first-order valence-corrected chi connectivity index (χ1v) is 6.96. The number of carbonyl (C=O) groups excluding carboxylic acids is 1. The highest BCUT2D eigenvalue weighted by Gasteiger charge is 2.12. The number of nitrogens with one attached hydrogen (secondary N) is 1. The fraction of sp³-hybridized carbons (Fsp3) is 0.0625. The first-order valence-electron chi connectivity index (χ1n) is 6.96. The van der Waals surface area contributed by atoms with Crippen LogP contribution in [0.25, 0.3) is 5.69 Å². The molecule has 0 bridgehead atoms. The maximum absolute atomic E-state index is 12.1. The molecule has 0 spiro atoms. The minimum Gasteiger partial charge on any atom is -0.435 e. The van der Waals surface area contributed by atoms with Crippen LogP contribution in [0.15, 0.2) is 60.8 Å². The zero-order chi connectivity index (χ0) is 16.9. The number of aromatic nitrogens is 3. The van der Waals surface area contributed by atoms with Crippen LogP contribution in [0, 0.1) is 0 Å². The van der Waals surface area contributed by atoms with Crippen molar-refractivity contribution in [3.05, 3.63) is 66.5 Å². The van der Waals surface area contributed by atoms with E-state index < -0.39 is 12.5 Å². The largest absolute Gasteiger partial charge is 0.435 e. The second kappa shape index (κ2) is 6.86. The van der Waals surface area contributed by atoms with Crippen LogP contribution in [-0.2, 0) is 0 Å². The molecule has 0 fully saturated rings. The molecule has 2 aromatic carbocycles. The molecule has 122 valence electrons. The topological polar surface area (TPSA) is 69.0 Å². The summed E-state index contributed by atoms with van der Waals surface area (Å²) >= 11 is 0. The third-order valence-corrected chi connectivity index (χ3v) is 3.08. The Bertz CT molecular complexity index is 820. The number of hydrogen-bond acceptors (Lipinski definition) is 4. The molecule has 0 aliphatic heterocycles. The van der Waals surface area contributed by atoms with Crippen molar-refractivity contribution in [3.63, 3.8) is 0 Å². The van der Waals surface area contributed by atoms with Crippen molar-refractivity contribution >= 4 is 11.6 Å². The molecule has 0 atom stereocenters. The molecular formula is C16H12F2N4O2. The Kier molecular flexibility index (Phi) is 4.46. The molecule has 8 heteroatoms. The van der Waals surface area contributed by atoms with Crippen LogP contribution < -0.4 is 10.1 Å². The molecule has 24 heavy (non-hydrogen) atoms. The van der Waals surface area contributed by atoms with Crippen molar-refractivity contribution in [1.29, 1.82) is 0 Å². The van der Waals surface area contributed by atoms with E-state index in [2.05, 4.69) is 20.4 Å². The number of para-hydroxylation sites is 1. The van der Waals surface area contributed by atoms with Gasteiger partial charge in [-0.15, -0.1) is 5.10 Å². The molecule has 0 aliphatic carbocycles. The zero-order valence-corrected chi connectivity index (χ0v) is 12.3. The smallest absolute Gasteiger partial charge is 0.387 e. The van der Waals surface area contributed by atoms with Gasteiger partial charge in [0.25, 0.3) is 5.91 Å². The number of nitrogens with zero attached hydrogens (tertiary/aromatic N) is 3. The van der Waals surface area contributed by atoms with Crippen molar-refractivity contribution in [2.45, 2.75) is 6.61 Å².